The zero-order valence-corrected chi connectivity index (χ0v) is 15.2. The van der Waals surface area contributed by atoms with E-state index >= 15 is 0 Å². The van der Waals surface area contributed by atoms with Crippen molar-refractivity contribution in [3.05, 3.63) is 71.2 Å². The van der Waals surface area contributed by atoms with E-state index < -0.39 is 0 Å². The number of hydrogen-bond donors (Lipinski definition) is 0. The third-order valence-electron chi connectivity index (χ3n) is 4.68. The fourth-order valence-electron chi connectivity index (χ4n) is 3.14. The number of thioether (sulfide) groups is 1. The Morgan fingerprint density at radius 2 is 2.04 bits per heavy atom. The van der Waals surface area contributed by atoms with Crippen LogP contribution >= 0.6 is 11.8 Å². The molecule has 3 aromatic rings. The van der Waals surface area contributed by atoms with E-state index in [0.717, 1.165) is 34.4 Å². The van der Waals surface area contributed by atoms with Gasteiger partial charge in [0.1, 0.15) is 5.82 Å². The van der Waals surface area contributed by atoms with Gasteiger partial charge in [0.05, 0.1) is 11.8 Å². The van der Waals surface area contributed by atoms with Crippen LogP contribution in [0.2, 0.25) is 0 Å². The van der Waals surface area contributed by atoms with E-state index in [0.29, 0.717) is 17.7 Å². The van der Waals surface area contributed by atoms with Crippen LogP contribution in [-0.2, 0) is 6.42 Å². The Kier molecular flexibility index (Phi) is 4.64. The molecule has 1 saturated carbocycles. The first-order chi connectivity index (χ1) is 12.7. The Hall–Kier alpha value is -2.40. The Labute approximate surface area is 155 Å². The van der Waals surface area contributed by atoms with Crippen LogP contribution in [0.3, 0.4) is 0 Å². The molecular weight excluding hydrogens is 349 g/mol. The normalized spacial score (nSPS) is 13.8. The standard InChI is InChI=1S/C21H18FNO2S/c1-26-19-11-16(22)9-8-15(19)10-14-4-2-3-5-17(14)21-18(12-23-25-21)20(24)13-6-7-13/h2-5,8-9,11-13H,6-7,10H2,1H3. The zero-order valence-electron chi connectivity index (χ0n) is 14.4. The predicted molar refractivity (Wildman–Crippen MR) is 100.0 cm³/mol. The zero-order chi connectivity index (χ0) is 18.1. The summed E-state index contributed by atoms with van der Waals surface area (Å²) in [7, 11) is 0. The average molecular weight is 367 g/mol. The molecule has 1 heterocycles. The van der Waals surface area contributed by atoms with Crippen molar-refractivity contribution in [1.29, 1.82) is 0 Å². The molecule has 26 heavy (non-hydrogen) atoms. The predicted octanol–water partition coefficient (Wildman–Crippen LogP) is 5.39. The van der Waals surface area contributed by atoms with Gasteiger partial charge in [-0.2, -0.15) is 0 Å². The topological polar surface area (TPSA) is 43.1 Å². The number of halogens is 1. The molecule has 5 heteroatoms. The number of ketones is 1. The van der Waals surface area contributed by atoms with E-state index in [1.807, 2.05) is 36.6 Å². The highest BCUT2D eigenvalue weighted by Crippen LogP contribution is 2.37. The second-order valence-electron chi connectivity index (χ2n) is 6.50. The summed E-state index contributed by atoms with van der Waals surface area (Å²) in [6.07, 6.45) is 5.98. The Morgan fingerprint density at radius 3 is 2.81 bits per heavy atom. The van der Waals surface area contributed by atoms with E-state index in [4.69, 9.17) is 4.52 Å². The van der Waals surface area contributed by atoms with Crippen LogP contribution in [0.15, 0.2) is 58.1 Å². The van der Waals surface area contributed by atoms with Crippen LogP contribution in [0.5, 0.6) is 0 Å². The summed E-state index contributed by atoms with van der Waals surface area (Å²) in [6.45, 7) is 0. The van der Waals surface area contributed by atoms with Crippen molar-refractivity contribution >= 4 is 17.5 Å². The van der Waals surface area contributed by atoms with Crippen molar-refractivity contribution in [3.63, 3.8) is 0 Å². The minimum Gasteiger partial charge on any atom is -0.356 e. The lowest BCUT2D eigenvalue weighted by Crippen LogP contribution is -2.02. The van der Waals surface area contributed by atoms with Gasteiger partial charge in [-0.3, -0.25) is 4.79 Å². The highest BCUT2D eigenvalue weighted by molar-refractivity contribution is 7.98. The molecule has 0 spiro atoms. The number of rotatable bonds is 6. The average Bonchev–Trinajstić information content (AvgIpc) is 3.40. The molecule has 1 fully saturated rings. The molecule has 0 unspecified atom stereocenters. The Balaban J connectivity index is 1.73. The van der Waals surface area contributed by atoms with Gasteiger partial charge in [0.15, 0.2) is 11.5 Å². The summed E-state index contributed by atoms with van der Waals surface area (Å²) >= 11 is 1.52. The smallest absolute Gasteiger partial charge is 0.177 e. The van der Waals surface area contributed by atoms with Crippen molar-refractivity contribution in [3.8, 4) is 11.3 Å². The van der Waals surface area contributed by atoms with Gasteiger partial charge in [0, 0.05) is 16.4 Å². The largest absolute Gasteiger partial charge is 0.356 e. The molecule has 1 aromatic heterocycles. The molecule has 1 aliphatic carbocycles. The first-order valence-electron chi connectivity index (χ1n) is 8.57. The van der Waals surface area contributed by atoms with Gasteiger partial charge in [0.25, 0.3) is 0 Å². The highest BCUT2D eigenvalue weighted by atomic mass is 32.2. The number of carbonyl (C=O) groups is 1. The van der Waals surface area contributed by atoms with Gasteiger partial charge in [0.2, 0.25) is 0 Å². The fourth-order valence-corrected chi connectivity index (χ4v) is 3.77. The number of nitrogens with zero attached hydrogens (tertiary/aromatic N) is 1. The van der Waals surface area contributed by atoms with Gasteiger partial charge >= 0.3 is 0 Å². The summed E-state index contributed by atoms with van der Waals surface area (Å²) in [6, 6.07) is 12.7. The summed E-state index contributed by atoms with van der Waals surface area (Å²) in [4.78, 5) is 13.4. The molecule has 0 amide bonds. The number of aromatic nitrogens is 1. The molecule has 0 N–H and O–H groups in total. The number of carbonyl (C=O) groups excluding carboxylic acids is 1. The molecule has 132 valence electrons. The lowest BCUT2D eigenvalue weighted by atomic mass is 9.95. The lowest BCUT2D eigenvalue weighted by molar-refractivity contribution is 0.0968. The number of hydrogen-bond acceptors (Lipinski definition) is 4. The molecule has 0 bridgehead atoms. The second-order valence-corrected chi connectivity index (χ2v) is 7.35. The van der Waals surface area contributed by atoms with E-state index in [1.165, 1.54) is 24.0 Å². The van der Waals surface area contributed by atoms with Crippen LogP contribution in [0, 0.1) is 11.7 Å². The van der Waals surface area contributed by atoms with Crippen LogP contribution in [0.1, 0.15) is 34.3 Å². The van der Waals surface area contributed by atoms with Gasteiger partial charge < -0.3 is 4.52 Å². The first kappa shape index (κ1) is 17.0. The van der Waals surface area contributed by atoms with Crippen LogP contribution in [0.25, 0.3) is 11.3 Å². The number of Topliss-reactive ketones (excluding diaryl/α,β-unsaturated/α-hetero) is 1. The van der Waals surface area contributed by atoms with Crippen molar-refractivity contribution in [1.82, 2.24) is 5.16 Å². The number of benzene rings is 2. The minimum absolute atomic E-state index is 0.112. The van der Waals surface area contributed by atoms with Crippen molar-refractivity contribution in [2.75, 3.05) is 6.26 Å². The third-order valence-corrected chi connectivity index (χ3v) is 5.50. The molecule has 2 aromatic carbocycles. The van der Waals surface area contributed by atoms with Crippen molar-refractivity contribution in [2.24, 2.45) is 5.92 Å². The monoisotopic (exact) mass is 367 g/mol. The summed E-state index contributed by atoms with van der Waals surface area (Å²) in [5, 5.41) is 3.87. The second kappa shape index (κ2) is 7.08. The van der Waals surface area contributed by atoms with Gasteiger partial charge in [-0.05, 0) is 48.8 Å². The molecule has 3 nitrogen and oxygen atoms in total. The van der Waals surface area contributed by atoms with Crippen molar-refractivity contribution in [2.45, 2.75) is 24.2 Å². The van der Waals surface area contributed by atoms with Crippen molar-refractivity contribution < 1.29 is 13.7 Å². The van der Waals surface area contributed by atoms with Gasteiger partial charge in [-0.15, -0.1) is 11.8 Å². The maximum Gasteiger partial charge on any atom is 0.177 e. The quantitative estimate of drug-likeness (QED) is 0.433. The molecule has 1 aliphatic rings. The molecule has 4 rings (SSSR count). The molecule has 0 aliphatic heterocycles. The lowest BCUT2D eigenvalue weighted by Gasteiger charge is -2.11. The maximum atomic E-state index is 13.5. The molecule has 0 radical (unpaired) electrons. The maximum absolute atomic E-state index is 13.5. The SMILES string of the molecule is CSc1cc(F)ccc1Cc1ccccc1-c1oncc1C(=O)C1CC1. The van der Waals surface area contributed by atoms with Gasteiger partial charge in [-0.25, -0.2) is 4.39 Å². The highest BCUT2D eigenvalue weighted by Gasteiger charge is 2.33. The van der Waals surface area contributed by atoms with Gasteiger partial charge in [-0.1, -0.05) is 35.5 Å². The summed E-state index contributed by atoms with van der Waals surface area (Å²) in [5.41, 5.74) is 3.49. The van der Waals surface area contributed by atoms with Crippen LogP contribution < -0.4 is 0 Å². The van der Waals surface area contributed by atoms with Crippen LogP contribution in [0.4, 0.5) is 4.39 Å². The Morgan fingerprint density at radius 1 is 1.23 bits per heavy atom. The Bertz CT molecular complexity index is 962. The first-order valence-corrected chi connectivity index (χ1v) is 9.79. The molecule has 0 atom stereocenters. The van der Waals surface area contributed by atoms with E-state index in [1.54, 1.807) is 6.07 Å². The van der Waals surface area contributed by atoms with E-state index in [-0.39, 0.29) is 17.5 Å². The molecule has 0 saturated heterocycles. The van der Waals surface area contributed by atoms with Crippen LogP contribution in [-0.4, -0.2) is 17.2 Å². The minimum atomic E-state index is -0.237. The van der Waals surface area contributed by atoms with E-state index in [2.05, 4.69) is 5.16 Å². The molecular formula is C21H18FNO2S. The fraction of sp³-hybridized carbons (Fsp3) is 0.238. The summed E-state index contributed by atoms with van der Waals surface area (Å²) < 4.78 is 19.0. The summed E-state index contributed by atoms with van der Waals surface area (Å²) in [5.74, 6) is 0.521. The third kappa shape index (κ3) is 3.31. The van der Waals surface area contributed by atoms with E-state index in [9.17, 15) is 9.18 Å².